The topological polar surface area (TPSA) is 50.4 Å². The van der Waals surface area contributed by atoms with Crippen molar-refractivity contribution in [2.24, 2.45) is 22.6 Å². The van der Waals surface area contributed by atoms with E-state index in [0.717, 1.165) is 11.8 Å². The van der Waals surface area contributed by atoms with Gasteiger partial charge in [0.05, 0.1) is 6.04 Å². The molecule has 2 saturated carbocycles. The number of nitrogens with zero attached hydrogens (tertiary/aromatic N) is 1. The van der Waals surface area contributed by atoms with Crippen molar-refractivity contribution in [2.45, 2.75) is 51.0 Å². The molecule has 4 rings (SSSR count). The van der Waals surface area contributed by atoms with E-state index in [0.29, 0.717) is 12.0 Å². The minimum atomic E-state index is 0. The molecule has 0 radical (unpaired) electrons. The van der Waals surface area contributed by atoms with E-state index in [9.17, 15) is 0 Å². The summed E-state index contributed by atoms with van der Waals surface area (Å²) in [5.41, 5.74) is 10.2. The van der Waals surface area contributed by atoms with E-state index in [2.05, 4.69) is 28.5 Å². The van der Waals surface area contributed by atoms with Crippen LogP contribution in [0.2, 0.25) is 0 Å². The van der Waals surface area contributed by atoms with Gasteiger partial charge in [0.15, 0.2) is 5.96 Å². The summed E-state index contributed by atoms with van der Waals surface area (Å²) in [6.07, 6.45) is 9.04. The van der Waals surface area contributed by atoms with Crippen molar-refractivity contribution in [3.8, 4) is 0 Å². The number of nitrogens with two attached hydrogens (primary N) is 1. The Balaban J connectivity index is 0.00000132. The maximum atomic E-state index is 6.10. The molecule has 0 unspecified atom stereocenters. The second-order valence-corrected chi connectivity index (χ2v) is 6.59. The maximum Gasteiger partial charge on any atom is 0.193 e. The number of anilines is 1. The molecule has 0 aliphatic heterocycles. The molecule has 0 heterocycles. The largest absolute Gasteiger partial charge is 0.370 e. The van der Waals surface area contributed by atoms with Crippen molar-refractivity contribution >= 4 is 35.6 Å². The van der Waals surface area contributed by atoms with Gasteiger partial charge in [0.25, 0.3) is 0 Å². The predicted molar refractivity (Wildman–Crippen MR) is 98.4 cm³/mol. The molecule has 3 nitrogen and oxygen atoms in total. The lowest BCUT2D eigenvalue weighted by Gasteiger charge is -2.19. The highest BCUT2D eigenvalue weighted by molar-refractivity contribution is 14.0. The van der Waals surface area contributed by atoms with Crippen molar-refractivity contribution in [2.75, 3.05) is 5.32 Å². The van der Waals surface area contributed by atoms with Crippen LogP contribution in [0.5, 0.6) is 0 Å². The molecule has 0 spiro atoms. The third-order valence-corrected chi connectivity index (χ3v) is 5.00. The molecule has 0 bridgehead atoms. The molecule has 2 fully saturated rings. The molecule has 4 heteroatoms. The van der Waals surface area contributed by atoms with Crippen LogP contribution in [-0.4, -0.2) is 12.0 Å². The second-order valence-electron chi connectivity index (χ2n) is 6.59. The lowest BCUT2D eigenvalue weighted by Crippen LogP contribution is -2.24. The van der Waals surface area contributed by atoms with Gasteiger partial charge in [0.1, 0.15) is 0 Å². The summed E-state index contributed by atoms with van der Waals surface area (Å²) in [4.78, 5) is 4.66. The first-order chi connectivity index (χ1) is 9.81. The number of hydrogen-bond donors (Lipinski definition) is 2. The van der Waals surface area contributed by atoms with Gasteiger partial charge in [0.2, 0.25) is 0 Å². The molecule has 114 valence electrons. The van der Waals surface area contributed by atoms with Crippen LogP contribution in [0.4, 0.5) is 5.69 Å². The van der Waals surface area contributed by atoms with Crippen LogP contribution in [0.1, 0.15) is 43.2 Å². The van der Waals surface area contributed by atoms with Crippen LogP contribution in [0.3, 0.4) is 0 Å². The molecule has 1 aromatic carbocycles. The fourth-order valence-electron chi connectivity index (χ4n) is 3.63. The van der Waals surface area contributed by atoms with Crippen molar-refractivity contribution in [1.82, 2.24) is 0 Å². The summed E-state index contributed by atoms with van der Waals surface area (Å²) in [5, 5.41) is 3.35. The Bertz CT molecular complexity index is 551. The van der Waals surface area contributed by atoms with Gasteiger partial charge in [-0.05, 0) is 74.0 Å². The first-order valence-electron chi connectivity index (χ1n) is 8.02. The van der Waals surface area contributed by atoms with E-state index in [4.69, 9.17) is 5.73 Å². The van der Waals surface area contributed by atoms with E-state index in [1.165, 1.54) is 61.8 Å². The van der Waals surface area contributed by atoms with Crippen molar-refractivity contribution < 1.29 is 0 Å². The molecule has 3 aliphatic rings. The highest BCUT2D eigenvalue weighted by atomic mass is 127. The van der Waals surface area contributed by atoms with E-state index in [1.807, 2.05) is 0 Å². The summed E-state index contributed by atoms with van der Waals surface area (Å²) in [5.74, 6) is 2.40. The Morgan fingerprint density at radius 2 is 2.00 bits per heavy atom. The highest BCUT2D eigenvalue weighted by Gasteiger charge is 2.47. The van der Waals surface area contributed by atoms with E-state index >= 15 is 0 Å². The summed E-state index contributed by atoms with van der Waals surface area (Å²) in [6, 6.07) is 7.01. The lowest BCUT2D eigenvalue weighted by molar-refractivity contribution is 0.685. The van der Waals surface area contributed by atoms with Crippen LogP contribution in [0, 0.1) is 11.8 Å². The number of nitrogens with one attached hydrogen (secondary N) is 1. The first-order valence-corrected chi connectivity index (χ1v) is 8.02. The van der Waals surface area contributed by atoms with Gasteiger partial charge in [0, 0.05) is 5.69 Å². The monoisotopic (exact) mass is 397 g/mol. The van der Waals surface area contributed by atoms with Gasteiger partial charge in [-0.1, -0.05) is 12.1 Å². The van der Waals surface area contributed by atoms with Crippen LogP contribution >= 0.6 is 24.0 Å². The van der Waals surface area contributed by atoms with Crippen LogP contribution < -0.4 is 11.1 Å². The number of aryl methyl sites for hydroxylation is 1. The summed E-state index contributed by atoms with van der Waals surface area (Å²) < 4.78 is 0. The minimum Gasteiger partial charge on any atom is -0.370 e. The van der Waals surface area contributed by atoms with Crippen LogP contribution in [0.25, 0.3) is 0 Å². The molecule has 21 heavy (non-hydrogen) atoms. The Morgan fingerprint density at radius 3 is 2.81 bits per heavy atom. The normalized spacial score (nSPS) is 27.5. The Labute approximate surface area is 143 Å². The number of halogens is 1. The van der Waals surface area contributed by atoms with E-state index in [1.54, 1.807) is 0 Å². The van der Waals surface area contributed by atoms with Gasteiger partial charge in [-0.2, -0.15) is 0 Å². The summed E-state index contributed by atoms with van der Waals surface area (Å²) >= 11 is 0. The zero-order chi connectivity index (χ0) is 13.5. The average Bonchev–Trinajstić information content (AvgIpc) is 3.33. The van der Waals surface area contributed by atoms with E-state index < -0.39 is 0 Å². The van der Waals surface area contributed by atoms with Gasteiger partial charge in [-0.3, -0.25) is 0 Å². The van der Waals surface area contributed by atoms with Gasteiger partial charge in [-0.15, -0.1) is 24.0 Å². The Kier molecular flexibility index (Phi) is 4.43. The van der Waals surface area contributed by atoms with Crippen LogP contribution in [0.15, 0.2) is 23.2 Å². The predicted octanol–water partition coefficient (Wildman–Crippen LogP) is 3.71. The number of aliphatic imine (C=N–C) groups is 1. The third kappa shape index (κ3) is 3.35. The molecule has 0 saturated heterocycles. The highest BCUT2D eigenvalue weighted by Crippen LogP contribution is 2.51. The zero-order valence-electron chi connectivity index (χ0n) is 12.3. The smallest absolute Gasteiger partial charge is 0.193 e. The molecule has 1 aromatic rings. The first kappa shape index (κ1) is 15.1. The third-order valence-electron chi connectivity index (χ3n) is 5.00. The number of hydrogen-bond acceptors (Lipinski definition) is 1. The maximum absolute atomic E-state index is 6.10. The Morgan fingerprint density at radius 1 is 1.19 bits per heavy atom. The number of fused-ring (bicyclic) bond motifs is 1. The number of rotatable bonds is 3. The molecule has 2 atom stereocenters. The second kappa shape index (κ2) is 6.15. The minimum absolute atomic E-state index is 0. The van der Waals surface area contributed by atoms with Gasteiger partial charge < -0.3 is 11.1 Å². The van der Waals surface area contributed by atoms with Crippen LogP contribution in [-0.2, 0) is 12.8 Å². The Hall–Kier alpha value is -0.780. The number of benzene rings is 1. The molecule has 3 N–H and O–H groups in total. The van der Waals surface area contributed by atoms with E-state index in [-0.39, 0.29) is 24.0 Å². The summed E-state index contributed by atoms with van der Waals surface area (Å²) in [7, 11) is 0. The van der Waals surface area contributed by atoms with Gasteiger partial charge in [-0.25, -0.2) is 4.99 Å². The molecule has 0 aromatic heterocycles. The number of guanidine groups is 1. The van der Waals surface area contributed by atoms with Crippen molar-refractivity contribution in [1.29, 1.82) is 0 Å². The molecular weight excluding hydrogens is 373 g/mol. The molecular formula is C17H24IN3. The summed E-state index contributed by atoms with van der Waals surface area (Å²) in [6.45, 7) is 0. The standard InChI is InChI=1S/C17H23N3.HI/c18-17(20-16-10-14(16)12-8-9-12)19-15-7-3-5-11-4-1-2-6-13(11)15;/h3,5,7,12,14,16H,1-2,4,6,8-10H2,(H3,18,19,20);1H/t14-,16+;/m0./s1. The molecule has 0 amide bonds. The SMILES string of the molecule is I.NC(=N[C@@H]1C[C@H]1C1CC1)Nc1cccc2c1CCCC2. The fourth-order valence-corrected chi connectivity index (χ4v) is 3.63. The quantitative estimate of drug-likeness (QED) is 0.464. The lowest BCUT2D eigenvalue weighted by atomic mass is 9.90. The average molecular weight is 397 g/mol. The van der Waals surface area contributed by atoms with Crippen molar-refractivity contribution in [3.63, 3.8) is 0 Å². The van der Waals surface area contributed by atoms with Crippen molar-refractivity contribution in [3.05, 3.63) is 29.3 Å². The fraction of sp³-hybridized carbons (Fsp3) is 0.588. The molecule has 3 aliphatic carbocycles. The zero-order valence-corrected chi connectivity index (χ0v) is 14.7. The van der Waals surface area contributed by atoms with Gasteiger partial charge >= 0.3 is 0 Å².